The zero-order valence-electron chi connectivity index (χ0n) is 20.2. The zero-order chi connectivity index (χ0) is 26.0. The number of hydrogen-bond donors (Lipinski definition) is 1. The van der Waals surface area contributed by atoms with Crippen LogP contribution in [0.4, 0.5) is 9.52 Å². The van der Waals surface area contributed by atoms with Gasteiger partial charge in [0.05, 0.1) is 21.5 Å². The first kappa shape index (κ1) is 23.1. The van der Waals surface area contributed by atoms with Crippen molar-refractivity contribution in [3.63, 3.8) is 0 Å². The summed E-state index contributed by atoms with van der Waals surface area (Å²) in [5.74, 6) is -2.87. The van der Waals surface area contributed by atoms with Gasteiger partial charge in [0.15, 0.2) is 10.9 Å². The number of pyridine rings is 1. The normalized spacial score (nSPS) is 17.4. The molecule has 3 aromatic heterocycles. The third-order valence-corrected chi connectivity index (χ3v) is 7.71. The monoisotopic (exact) mass is 512 g/mol. The van der Waals surface area contributed by atoms with Crippen LogP contribution in [-0.4, -0.2) is 31.2 Å². The summed E-state index contributed by atoms with van der Waals surface area (Å²) in [5, 5.41) is 11.8. The molecule has 0 bridgehead atoms. The third-order valence-electron chi connectivity index (χ3n) is 6.69. The first-order valence-electron chi connectivity index (χ1n) is 11.6. The van der Waals surface area contributed by atoms with Crippen LogP contribution < -0.4 is 4.90 Å². The van der Waals surface area contributed by atoms with Gasteiger partial charge in [0.2, 0.25) is 0 Å². The molecule has 1 aliphatic rings. The van der Waals surface area contributed by atoms with Gasteiger partial charge in [-0.3, -0.25) is 14.5 Å². The Morgan fingerprint density at radius 3 is 2.57 bits per heavy atom. The number of thiazole rings is 1. The number of benzene rings is 2. The van der Waals surface area contributed by atoms with Crippen LogP contribution in [0.3, 0.4) is 0 Å². The molecule has 1 saturated heterocycles. The highest BCUT2D eigenvalue weighted by Gasteiger charge is 2.49. The van der Waals surface area contributed by atoms with Crippen molar-refractivity contribution in [2.75, 3.05) is 4.90 Å². The van der Waals surface area contributed by atoms with Crippen molar-refractivity contribution >= 4 is 49.8 Å². The number of aromatic nitrogens is 3. The molecule has 184 valence electrons. The van der Waals surface area contributed by atoms with Crippen LogP contribution >= 0.6 is 11.3 Å². The number of hydrogen-bond acceptors (Lipinski definition) is 6. The number of amides is 1. The van der Waals surface area contributed by atoms with Gasteiger partial charge in [0, 0.05) is 11.8 Å². The summed E-state index contributed by atoms with van der Waals surface area (Å²) in [6.45, 7) is 5.60. The number of aliphatic hydroxyl groups is 1. The Bertz CT molecular complexity index is 1800. The van der Waals surface area contributed by atoms with E-state index in [1.807, 2.05) is 44.2 Å². The number of ketones is 1. The molecule has 1 fully saturated rings. The van der Waals surface area contributed by atoms with E-state index in [1.54, 1.807) is 23.6 Å². The number of anilines is 1. The quantitative estimate of drug-likeness (QED) is 0.192. The average Bonchev–Trinajstić information content (AvgIpc) is 3.52. The molecule has 9 heteroatoms. The van der Waals surface area contributed by atoms with Crippen LogP contribution in [-0.2, 0) is 9.59 Å². The van der Waals surface area contributed by atoms with E-state index in [-0.39, 0.29) is 22.0 Å². The lowest BCUT2D eigenvalue weighted by Gasteiger charge is -2.23. The summed E-state index contributed by atoms with van der Waals surface area (Å²) in [7, 11) is 0. The molecule has 37 heavy (non-hydrogen) atoms. The topological polar surface area (TPSA) is 87.8 Å². The Kier molecular flexibility index (Phi) is 5.20. The number of carbonyl (C=O) groups is 2. The minimum absolute atomic E-state index is 0.0799. The molecule has 7 nitrogen and oxygen atoms in total. The van der Waals surface area contributed by atoms with E-state index in [2.05, 4.69) is 9.97 Å². The first-order chi connectivity index (χ1) is 17.8. The number of nitrogens with zero attached hydrogens (tertiary/aromatic N) is 4. The Balaban J connectivity index is 1.62. The number of imidazole rings is 1. The second kappa shape index (κ2) is 8.35. The van der Waals surface area contributed by atoms with Crippen LogP contribution in [0.2, 0.25) is 0 Å². The SMILES string of the molecule is Cc1ccc2nc(N3C(=O)C(=O)C(=C(O)c4nc5c(C)cccn5c4C)C3c3ccccc3F)sc2c1. The van der Waals surface area contributed by atoms with Crippen LogP contribution in [0.5, 0.6) is 0 Å². The number of Topliss-reactive ketones (excluding diaryl/α,β-unsaturated/α-hetero) is 1. The average molecular weight is 513 g/mol. The van der Waals surface area contributed by atoms with Gasteiger partial charge in [0.1, 0.15) is 23.2 Å². The molecule has 0 aliphatic carbocycles. The lowest BCUT2D eigenvalue weighted by Crippen LogP contribution is -2.29. The minimum atomic E-state index is -1.21. The van der Waals surface area contributed by atoms with E-state index >= 15 is 4.39 Å². The predicted octanol–water partition coefficient (Wildman–Crippen LogP) is 5.63. The molecule has 5 aromatic rings. The second-order valence-corrected chi connectivity index (χ2v) is 10.1. The fraction of sp³-hybridized carbons (Fsp3) is 0.143. The van der Waals surface area contributed by atoms with Crippen molar-refractivity contribution in [1.29, 1.82) is 0 Å². The Morgan fingerprint density at radius 1 is 1.03 bits per heavy atom. The van der Waals surface area contributed by atoms with E-state index in [9.17, 15) is 14.7 Å². The largest absolute Gasteiger partial charge is 0.505 e. The molecule has 2 aromatic carbocycles. The molecule has 1 atom stereocenters. The summed E-state index contributed by atoms with van der Waals surface area (Å²) < 4.78 is 17.8. The summed E-state index contributed by atoms with van der Waals surface area (Å²) in [5.41, 5.74) is 3.77. The molecule has 0 radical (unpaired) electrons. The van der Waals surface area contributed by atoms with Crippen molar-refractivity contribution in [1.82, 2.24) is 14.4 Å². The smallest absolute Gasteiger partial charge is 0.301 e. The maximum Gasteiger partial charge on any atom is 0.301 e. The van der Waals surface area contributed by atoms with E-state index in [0.29, 0.717) is 16.9 Å². The Morgan fingerprint density at radius 2 is 1.81 bits per heavy atom. The molecule has 0 saturated carbocycles. The van der Waals surface area contributed by atoms with E-state index in [4.69, 9.17) is 0 Å². The molecular weight excluding hydrogens is 491 g/mol. The highest BCUT2D eigenvalue weighted by Crippen LogP contribution is 2.45. The summed E-state index contributed by atoms with van der Waals surface area (Å²) in [6.07, 6.45) is 1.80. The van der Waals surface area contributed by atoms with Gasteiger partial charge in [-0.15, -0.1) is 0 Å². The molecule has 1 unspecified atom stereocenters. The molecule has 0 spiro atoms. The minimum Gasteiger partial charge on any atom is -0.505 e. The van der Waals surface area contributed by atoms with Gasteiger partial charge in [-0.25, -0.2) is 14.4 Å². The van der Waals surface area contributed by atoms with Gasteiger partial charge in [-0.2, -0.15) is 0 Å². The van der Waals surface area contributed by atoms with Gasteiger partial charge in [0.25, 0.3) is 5.78 Å². The van der Waals surface area contributed by atoms with Crippen molar-refractivity contribution < 1.29 is 19.1 Å². The number of carbonyl (C=O) groups excluding carboxylic acids is 2. The van der Waals surface area contributed by atoms with Crippen LogP contribution in [0.15, 0.2) is 66.4 Å². The zero-order valence-corrected chi connectivity index (χ0v) is 21.0. The Hall–Kier alpha value is -4.37. The fourth-order valence-electron chi connectivity index (χ4n) is 4.82. The van der Waals surface area contributed by atoms with Crippen molar-refractivity contribution in [2.45, 2.75) is 26.8 Å². The predicted molar refractivity (Wildman–Crippen MR) is 140 cm³/mol. The second-order valence-electron chi connectivity index (χ2n) is 9.09. The highest BCUT2D eigenvalue weighted by molar-refractivity contribution is 7.22. The summed E-state index contributed by atoms with van der Waals surface area (Å²) in [6, 6.07) is 14.1. The molecule has 1 aliphatic heterocycles. The number of rotatable bonds is 3. The summed E-state index contributed by atoms with van der Waals surface area (Å²) in [4.78, 5) is 37.3. The standard InChI is InChI=1S/C28H21FN4O3S/c1-14-10-11-19-20(13-14)37-28(30-19)33-23(17-8-4-5-9-18(17)29)21(25(35)27(33)36)24(34)22-16(3)32-12-6-7-15(2)26(32)31-22/h4-13,23,34H,1-3H3. The number of aryl methyl sites for hydroxylation is 3. The van der Waals surface area contributed by atoms with Crippen LogP contribution in [0.1, 0.15) is 34.1 Å². The van der Waals surface area contributed by atoms with Crippen LogP contribution in [0, 0.1) is 26.6 Å². The van der Waals surface area contributed by atoms with E-state index in [0.717, 1.165) is 15.8 Å². The highest BCUT2D eigenvalue weighted by atomic mass is 32.1. The van der Waals surface area contributed by atoms with Crippen molar-refractivity contribution in [3.8, 4) is 0 Å². The lowest BCUT2D eigenvalue weighted by atomic mass is 9.96. The third kappa shape index (κ3) is 3.46. The van der Waals surface area contributed by atoms with Gasteiger partial charge in [-0.05, 0) is 56.2 Å². The van der Waals surface area contributed by atoms with Crippen molar-refractivity contribution in [2.24, 2.45) is 0 Å². The maximum absolute atomic E-state index is 15.2. The number of halogens is 1. The van der Waals surface area contributed by atoms with Gasteiger partial charge >= 0.3 is 5.91 Å². The van der Waals surface area contributed by atoms with Crippen molar-refractivity contribution in [3.05, 3.63) is 100 Å². The lowest BCUT2D eigenvalue weighted by molar-refractivity contribution is -0.132. The van der Waals surface area contributed by atoms with E-state index < -0.39 is 29.3 Å². The van der Waals surface area contributed by atoms with E-state index in [1.165, 1.54) is 34.4 Å². The maximum atomic E-state index is 15.2. The molecule has 6 rings (SSSR count). The number of fused-ring (bicyclic) bond motifs is 2. The molecule has 1 N–H and O–H groups in total. The van der Waals surface area contributed by atoms with Crippen LogP contribution in [0.25, 0.3) is 21.6 Å². The molecule has 4 heterocycles. The molecule has 1 amide bonds. The number of aliphatic hydroxyl groups excluding tert-OH is 1. The molecular formula is C28H21FN4O3S. The first-order valence-corrected chi connectivity index (χ1v) is 12.4. The van der Waals surface area contributed by atoms with Gasteiger partial charge in [-0.1, -0.05) is 41.7 Å². The Labute approximate surface area is 215 Å². The summed E-state index contributed by atoms with van der Waals surface area (Å²) >= 11 is 1.23. The fourth-order valence-corrected chi connectivity index (χ4v) is 5.91. The van der Waals surface area contributed by atoms with Gasteiger partial charge < -0.3 is 9.51 Å².